The van der Waals surface area contributed by atoms with Gasteiger partial charge in [0.2, 0.25) is 5.76 Å². The fourth-order valence-corrected chi connectivity index (χ4v) is 3.91. The Morgan fingerprint density at radius 1 is 1.30 bits per heavy atom. The van der Waals surface area contributed by atoms with Gasteiger partial charge in [-0.15, -0.1) is 12.4 Å². The van der Waals surface area contributed by atoms with E-state index in [0.717, 1.165) is 43.1 Å². The number of thiazole rings is 1. The van der Waals surface area contributed by atoms with Crippen LogP contribution >= 0.6 is 23.7 Å². The van der Waals surface area contributed by atoms with Crippen LogP contribution in [0.25, 0.3) is 10.2 Å². The molecule has 0 aliphatic carbocycles. The molecular formula is C18H21ClN4O3S. The van der Waals surface area contributed by atoms with E-state index in [1.54, 1.807) is 17.9 Å². The number of nitrogens with zero attached hydrogens (tertiary/aromatic N) is 4. The molecule has 3 aromatic rings. The van der Waals surface area contributed by atoms with Crippen molar-refractivity contribution in [3.05, 3.63) is 41.8 Å². The van der Waals surface area contributed by atoms with Gasteiger partial charge in [-0.3, -0.25) is 14.6 Å². The lowest BCUT2D eigenvalue weighted by Crippen LogP contribution is -2.43. The number of halogens is 1. The molecule has 0 unspecified atom stereocenters. The van der Waals surface area contributed by atoms with Gasteiger partial charge in [-0.25, -0.2) is 4.98 Å². The van der Waals surface area contributed by atoms with Crippen molar-refractivity contribution in [3.8, 4) is 0 Å². The van der Waals surface area contributed by atoms with Crippen LogP contribution in [0.15, 0.2) is 34.9 Å². The molecule has 1 amide bonds. The van der Waals surface area contributed by atoms with Crippen LogP contribution in [0, 0.1) is 6.92 Å². The van der Waals surface area contributed by atoms with Crippen LogP contribution in [0.4, 0.5) is 5.13 Å². The van der Waals surface area contributed by atoms with E-state index in [1.165, 1.54) is 11.3 Å². The molecular weight excluding hydrogens is 388 g/mol. The molecule has 0 spiro atoms. The van der Waals surface area contributed by atoms with Crippen molar-refractivity contribution in [2.24, 2.45) is 0 Å². The third kappa shape index (κ3) is 4.47. The van der Waals surface area contributed by atoms with E-state index in [4.69, 9.17) is 9.26 Å². The zero-order chi connectivity index (χ0) is 17.9. The van der Waals surface area contributed by atoms with E-state index in [-0.39, 0.29) is 24.1 Å². The van der Waals surface area contributed by atoms with E-state index in [0.29, 0.717) is 17.4 Å². The Bertz CT molecular complexity index is 874. The van der Waals surface area contributed by atoms with Crippen molar-refractivity contribution >= 4 is 45.0 Å². The van der Waals surface area contributed by atoms with Crippen LogP contribution in [-0.2, 0) is 4.74 Å². The van der Waals surface area contributed by atoms with E-state index in [1.807, 2.05) is 24.3 Å². The van der Waals surface area contributed by atoms with Crippen LogP contribution in [0.3, 0.4) is 0 Å². The third-order valence-electron chi connectivity index (χ3n) is 4.34. The number of anilines is 1. The van der Waals surface area contributed by atoms with Gasteiger partial charge in [0.25, 0.3) is 5.91 Å². The van der Waals surface area contributed by atoms with Gasteiger partial charge in [-0.1, -0.05) is 28.6 Å². The predicted molar refractivity (Wildman–Crippen MR) is 107 cm³/mol. The molecule has 27 heavy (non-hydrogen) atoms. The van der Waals surface area contributed by atoms with Gasteiger partial charge in [-0.2, -0.15) is 0 Å². The molecule has 144 valence electrons. The molecule has 0 radical (unpaired) electrons. The SMILES string of the molecule is Cc1cc(C(=O)N(CCN2CCOCC2)c2nc3ccccc3s2)on1.Cl. The van der Waals surface area contributed by atoms with E-state index in [2.05, 4.69) is 15.0 Å². The first-order valence-corrected chi connectivity index (χ1v) is 9.43. The molecule has 0 saturated carbocycles. The Morgan fingerprint density at radius 2 is 2.07 bits per heavy atom. The quantitative estimate of drug-likeness (QED) is 0.646. The summed E-state index contributed by atoms with van der Waals surface area (Å²) in [7, 11) is 0. The second-order valence-corrected chi connectivity index (χ2v) is 7.22. The van der Waals surface area contributed by atoms with Crippen molar-refractivity contribution in [2.45, 2.75) is 6.92 Å². The molecule has 4 rings (SSSR count). The average Bonchev–Trinajstić information content (AvgIpc) is 3.28. The van der Waals surface area contributed by atoms with Crippen molar-refractivity contribution in [1.82, 2.24) is 15.0 Å². The van der Waals surface area contributed by atoms with Gasteiger partial charge in [-0.05, 0) is 19.1 Å². The summed E-state index contributed by atoms with van der Waals surface area (Å²) in [5.41, 5.74) is 1.58. The lowest BCUT2D eigenvalue weighted by molar-refractivity contribution is 0.0390. The number of carbonyl (C=O) groups excluding carboxylic acids is 1. The molecule has 0 N–H and O–H groups in total. The van der Waals surface area contributed by atoms with Gasteiger partial charge >= 0.3 is 0 Å². The number of carbonyl (C=O) groups is 1. The molecule has 2 aromatic heterocycles. The highest BCUT2D eigenvalue weighted by Crippen LogP contribution is 2.29. The minimum absolute atomic E-state index is 0. The summed E-state index contributed by atoms with van der Waals surface area (Å²) in [5.74, 6) is 0.0293. The highest BCUT2D eigenvalue weighted by atomic mass is 35.5. The number of aryl methyl sites for hydroxylation is 1. The minimum Gasteiger partial charge on any atom is -0.379 e. The molecule has 1 aliphatic rings. The average molecular weight is 409 g/mol. The van der Waals surface area contributed by atoms with E-state index in [9.17, 15) is 4.79 Å². The number of ether oxygens (including phenoxy) is 1. The van der Waals surface area contributed by atoms with Gasteiger partial charge < -0.3 is 9.26 Å². The standard InChI is InChI=1S/C18H20N4O3S.ClH/c1-13-12-15(25-20-13)17(23)22(7-6-21-8-10-24-11-9-21)18-19-14-4-2-3-5-16(14)26-18;/h2-5,12H,6-11H2,1H3;1H. The monoisotopic (exact) mass is 408 g/mol. The smallest absolute Gasteiger partial charge is 0.298 e. The van der Waals surface area contributed by atoms with Crippen LogP contribution in [0.1, 0.15) is 16.2 Å². The van der Waals surface area contributed by atoms with Crippen LogP contribution in [0.2, 0.25) is 0 Å². The van der Waals surface area contributed by atoms with Crippen molar-refractivity contribution < 1.29 is 14.1 Å². The van der Waals surface area contributed by atoms with Crippen molar-refractivity contribution in [3.63, 3.8) is 0 Å². The second-order valence-electron chi connectivity index (χ2n) is 6.21. The molecule has 1 saturated heterocycles. The molecule has 0 atom stereocenters. The number of rotatable bonds is 5. The zero-order valence-electron chi connectivity index (χ0n) is 15.0. The molecule has 1 fully saturated rings. The van der Waals surface area contributed by atoms with E-state index < -0.39 is 0 Å². The predicted octanol–water partition coefficient (Wildman–Crippen LogP) is 2.99. The van der Waals surface area contributed by atoms with Crippen LogP contribution < -0.4 is 4.90 Å². The highest BCUT2D eigenvalue weighted by molar-refractivity contribution is 7.22. The molecule has 1 aliphatic heterocycles. The Kier molecular flexibility index (Phi) is 6.43. The topological polar surface area (TPSA) is 71.7 Å². The first-order chi connectivity index (χ1) is 12.7. The highest BCUT2D eigenvalue weighted by Gasteiger charge is 2.25. The molecule has 3 heterocycles. The number of hydrogen-bond acceptors (Lipinski definition) is 7. The lowest BCUT2D eigenvalue weighted by atomic mass is 10.3. The van der Waals surface area contributed by atoms with E-state index >= 15 is 0 Å². The van der Waals surface area contributed by atoms with Crippen molar-refractivity contribution in [2.75, 3.05) is 44.3 Å². The maximum Gasteiger partial charge on any atom is 0.298 e. The molecule has 7 nitrogen and oxygen atoms in total. The summed E-state index contributed by atoms with van der Waals surface area (Å²) >= 11 is 1.51. The Morgan fingerprint density at radius 3 is 2.78 bits per heavy atom. The zero-order valence-corrected chi connectivity index (χ0v) is 16.6. The summed E-state index contributed by atoms with van der Waals surface area (Å²) in [6.45, 7) is 6.33. The maximum absolute atomic E-state index is 13.0. The summed E-state index contributed by atoms with van der Waals surface area (Å²) in [4.78, 5) is 21.7. The third-order valence-corrected chi connectivity index (χ3v) is 5.40. The Labute approximate surface area is 167 Å². The number of aromatic nitrogens is 2. The first-order valence-electron chi connectivity index (χ1n) is 8.61. The number of benzene rings is 1. The minimum atomic E-state index is -0.210. The van der Waals surface area contributed by atoms with Gasteiger partial charge in [0.15, 0.2) is 5.13 Å². The fraction of sp³-hybridized carbons (Fsp3) is 0.389. The number of hydrogen-bond donors (Lipinski definition) is 0. The number of para-hydroxylation sites is 1. The number of fused-ring (bicyclic) bond motifs is 1. The Hall–Kier alpha value is -2.00. The number of amides is 1. The van der Waals surface area contributed by atoms with Crippen molar-refractivity contribution in [1.29, 1.82) is 0 Å². The molecule has 0 bridgehead atoms. The summed E-state index contributed by atoms with van der Waals surface area (Å²) < 4.78 is 11.6. The Balaban J connectivity index is 0.00000210. The summed E-state index contributed by atoms with van der Waals surface area (Å²) in [6.07, 6.45) is 0. The van der Waals surface area contributed by atoms with Gasteiger partial charge in [0, 0.05) is 32.2 Å². The first kappa shape index (κ1) is 19.8. The summed E-state index contributed by atoms with van der Waals surface area (Å²) in [5, 5.41) is 4.52. The second kappa shape index (κ2) is 8.79. The number of morpholine rings is 1. The largest absolute Gasteiger partial charge is 0.379 e. The fourth-order valence-electron chi connectivity index (χ4n) is 2.92. The molecule has 1 aromatic carbocycles. The molecule has 9 heteroatoms. The maximum atomic E-state index is 13.0. The van der Waals surface area contributed by atoms with Crippen LogP contribution in [-0.4, -0.2) is 60.3 Å². The van der Waals surface area contributed by atoms with Gasteiger partial charge in [0.1, 0.15) is 0 Å². The summed E-state index contributed by atoms with van der Waals surface area (Å²) in [6, 6.07) is 9.56. The van der Waals surface area contributed by atoms with Gasteiger partial charge in [0.05, 0.1) is 29.1 Å². The van der Waals surface area contributed by atoms with Crippen LogP contribution in [0.5, 0.6) is 0 Å². The normalized spacial score (nSPS) is 14.9. The lowest BCUT2D eigenvalue weighted by Gasteiger charge is -2.28.